The number of phenolic OH excluding ortho intramolecular Hbond substituents is 1. The number of nitrogens with zero attached hydrogens (tertiary/aromatic N) is 1. The summed E-state index contributed by atoms with van der Waals surface area (Å²) >= 11 is 0. The summed E-state index contributed by atoms with van der Waals surface area (Å²) in [4.78, 5) is 4.35. The molecule has 1 aromatic carbocycles. The third-order valence-electron chi connectivity index (χ3n) is 3.08. The average Bonchev–Trinajstić information content (AvgIpc) is 3.17. The maximum absolute atomic E-state index is 12.9. The summed E-state index contributed by atoms with van der Waals surface area (Å²) in [7, 11) is 0. The standard InChI is InChI=1S/C14H12FNO/c15-12-5-3-10(7-14(12)17)13-6-4-11(8-16-13)9-1-2-9/h3-9,17H,1-2H2. The summed E-state index contributed by atoms with van der Waals surface area (Å²) < 4.78 is 12.9. The Morgan fingerprint density at radius 3 is 2.59 bits per heavy atom. The first-order chi connectivity index (χ1) is 8.24. The first kappa shape index (κ1) is 10.3. The van der Waals surface area contributed by atoms with Crippen LogP contribution >= 0.6 is 0 Å². The molecule has 0 radical (unpaired) electrons. The number of benzene rings is 1. The van der Waals surface area contributed by atoms with E-state index in [4.69, 9.17) is 0 Å². The highest BCUT2D eigenvalue weighted by atomic mass is 19.1. The highest BCUT2D eigenvalue weighted by Gasteiger charge is 2.23. The Morgan fingerprint density at radius 1 is 1.18 bits per heavy atom. The molecule has 1 aliphatic carbocycles. The van der Waals surface area contributed by atoms with Crippen molar-refractivity contribution in [3.05, 3.63) is 47.9 Å². The van der Waals surface area contributed by atoms with Crippen LogP contribution in [0.5, 0.6) is 5.75 Å². The van der Waals surface area contributed by atoms with Gasteiger partial charge >= 0.3 is 0 Å². The van der Waals surface area contributed by atoms with Crippen molar-refractivity contribution in [2.75, 3.05) is 0 Å². The number of aromatic hydroxyl groups is 1. The molecule has 0 saturated heterocycles. The van der Waals surface area contributed by atoms with Gasteiger partial charge in [-0.3, -0.25) is 4.98 Å². The van der Waals surface area contributed by atoms with Gasteiger partial charge in [-0.2, -0.15) is 0 Å². The summed E-state index contributed by atoms with van der Waals surface area (Å²) in [6.07, 6.45) is 4.37. The van der Waals surface area contributed by atoms with Crippen LogP contribution in [0.25, 0.3) is 11.3 Å². The molecule has 1 aromatic heterocycles. The quantitative estimate of drug-likeness (QED) is 0.855. The number of halogens is 1. The molecule has 0 unspecified atom stereocenters. The van der Waals surface area contributed by atoms with Gasteiger partial charge in [-0.15, -0.1) is 0 Å². The van der Waals surface area contributed by atoms with Crippen molar-refractivity contribution in [3.63, 3.8) is 0 Å². The molecule has 1 aliphatic rings. The molecule has 0 bridgehead atoms. The third kappa shape index (κ3) is 2.00. The van der Waals surface area contributed by atoms with Crippen LogP contribution in [0, 0.1) is 5.82 Å². The maximum Gasteiger partial charge on any atom is 0.164 e. The van der Waals surface area contributed by atoms with Crippen molar-refractivity contribution in [1.82, 2.24) is 4.98 Å². The topological polar surface area (TPSA) is 33.1 Å². The number of pyridine rings is 1. The van der Waals surface area contributed by atoms with Crippen molar-refractivity contribution in [3.8, 4) is 17.0 Å². The molecule has 1 heterocycles. The third-order valence-corrected chi connectivity index (χ3v) is 3.08. The minimum atomic E-state index is -0.608. The fraction of sp³-hybridized carbons (Fsp3) is 0.214. The molecule has 3 heteroatoms. The number of hydrogen-bond acceptors (Lipinski definition) is 2. The molecule has 2 nitrogen and oxygen atoms in total. The smallest absolute Gasteiger partial charge is 0.164 e. The van der Waals surface area contributed by atoms with E-state index in [0.717, 1.165) is 11.3 Å². The van der Waals surface area contributed by atoms with E-state index >= 15 is 0 Å². The molecule has 0 spiro atoms. The fourth-order valence-corrected chi connectivity index (χ4v) is 1.91. The summed E-state index contributed by atoms with van der Waals surface area (Å²) in [6, 6.07) is 8.24. The second-order valence-electron chi connectivity index (χ2n) is 4.42. The lowest BCUT2D eigenvalue weighted by Crippen LogP contribution is -1.87. The molecule has 1 fully saturated rings. The summed E-state index contributed by atoms with van der Waals surface area (Å²) in [6.45, 7) is 0. The zero-order valence-electron chi connectivity index (χ0n) is 9.23. The highest BCUT2D eigenvalue weighted by Crippen LogP contribution is 2.40. The van der Waals surface area contributed by atoms with Crippen molar-refractivity contribution < 1.29 is 9.50 Å². The van der Waals surface area contributed by atoms with Gasteiger partial charge in [-0.05, 0) is 48.6 Å². The fourth-order valence-electron chi connectivity index (χ4n) is 1.91. The van der Waals surface area contributed by atoms with Crippen molar-refractivity contribution >= 4 is 0 Å². The minimum absolute atomic E-state index is 0.337. The Bertz CT molecular complexity index is 547. The molecule has 0 aliphatic heterocycles. The van der Waals surface area contributed by atoms with Crippen LogP contribution in [0.15, 0.2) is 36.5 Å². The van der Waals surface area contributed by atoms with E-state index in [1.165, 1.54) is 30.5 Å². The first-order valence-corrected chi connectivity index (χ1v) is 5.69. The van der Waals surface area contributed by atoms with E-state index in [1.807, 2.05) is 12.3 Å². The second kappa shape index (κ2) is 3.84. The monoisotopic (exact) mass is 229 g/mol. The van der Waals surface area contributed by atoms with Gasteiger partial charge < -0.3 is 5.11 Å². The van der Waals surface area contributed by atoms with Gasteiger partial charge in [0.15, 0.2) is 11.6 Å². The number of phenols is 1. The number of aromatic nitrogens is 1. The number of rotatable bonds is 2. The molecule has 0 amide bonds. The van der Waals surface area contributed by atoms with Gasteiger partial charge in [0.05, 0.1) is 5.69 Å². The molecule has 3 rings (SSSR count). The van der Waals surface area contributed by atoms with Crippen LogP contribution in [0.1, 0.15) is 24.3 Å². The predicted octanol–water partition coefficient (Wildman–Crippen LogP) is 3.47. The predicted molar refractivity (Wildman–Crippen MR) is 63.3 cm³/mol. The minimum Gasteiger partial charge on any atom is -0.505 e. The molecule has 2 aromatic rings. The van der Waals surface area contributed by atoms with E-state index < -0.39 is 5.82 Å². The zero-order valence-corrected chi connectivity index (χ0v) is 9.23. The zero-order chi connectivity index (χ0) is 11.8. The molecule has 17 heavy (non-hydrogen) atoms. The van der Waals surface area contributed by atoms with E-state index in [1.54, 1.807) is 6.07 Å². The summed E-state index contributed by atoms with van der Waals surface area (Å²) in [5.41, 5.74) is 2.75. The second-order valence-corrected chi connectivity index (χ2v) is 4.42. The molecule has 0 atom stereocenters. The van der Waals surface area contributed by atoms with Gasteiger partial charge in [0, 0.05) is 11.8 Å². The van der Waals surface area contributed by atoms with Gasteiger partial charge in [0.2, 0.25) is 0 Å². The average molecular weight is 229 g/mol. The van der Waals surface area contributed by atoms with E-state index in [0.29, 0.717) is 5.92 Å². The van der Waals surface area contributed by atoms with E-state index in [-0.39, 0.29) is 5.75 Å². The Labute approximate surface area is 98.8 Å². The van der Waals surface area contributed by atoms with Gasteiger partial charge in [0.1, 0.15) is 0 Å². The summed E-state index contributed by atoms with van der Waals surface area (Å²) in [5.74, 6) is -0.267. The maximum atomic E-state index is 12.9. The SMILES string of the molecule is Oc1cc(-c2ccc(C3CC3)cn2)ccc1F. The van der Waals surface area contributed by atoms with E-state index in [9.17, 15) is 9.50 Å². The van der Waals surface area contributed by atoms with Gasteiger partial charge in [0.25, 0.3) is 0 Å². The van der Waals surface area contributed by atoms with Crippen molar-refractivity contribution in [1.29, 1.82) is 0 Å². The molecule has 86 valence electrons. The van der Waals surface area contributed by atoms with Crippen molar-refractivity contribution in [2.45, 2.75) is 18.8 Å². The lowest BCUT2D eigenvalue weighted by Gasteiger charge is -2.03. The molecule has 1 N–H and O–H groups in total. The Hall–Kier alpha value is -1.90. The Balaban J connectivity index is 1.94. The largest absolute Gasteiger partial charge is 0.505 e. The molecule has 1 saturated carbocycles. The van der Waals surface area contributed by atoms with Gasteiger partial charge in [-0.25, -0.2) is 4.39 Å². The summed E-state index contributed by atoms with van der Waals surface area (Å²) in [5, 5.41) is 9.31. The van der Waals surface area contributed by atoms with Crippen LogP contribution in [0.4, 0.5) is 4.39 Å². The Morgan fingerprint density at radius 2 is 2.00 bits per heavy atom. The lowest BCUT2D eigenvalue weighted by atomic mass is 10.1. The Kier molecular flexibility index (Phi) is 2.32. The first-order valence-electron chi connectivity index (χ1n) is 5.69. The number of hydrogen-bond donors (Lipinski definition) is 1. The van der Waals surface area contributed by atoms with Crippen LogP contribution in [-0.4, -0.2) is 10.1 Å². The normalized spacial score (nSPS) is 14.9. The van der Waals surface area contributed by atoms with Crippen LogP contribution < -0.4 is 0 Å². The van der Waals surface area contributed by atoms with Crippen LogP contribution in [0.2, 0.25) is 0 Å². The molecular weight excluding hydrogens is 217 g/mol. The van der Waals surface area contributed by atoms with Gasteiger partial charge in [-0.1, -0.05) is 6.07 Å². The highest BCUT2D eigenvalue weighted by molar-refractivity contribution is 5.61. The molecular formula is C14H12FNO. The van der Waals surface area contributed by atoms with E-state index in [2.05, 4.69) is 11.1 Å². The lowest BCUT2D eigenvalue weighted by molar-refractivity contribution is 0.432. The van der Waals surface area contributed by atoms with Crippen molar-refractivity contribution in [2.24, 2.45) is 0 Å². The van der Waals surface area contributed by atoms with Crippen LogP contribution in [0.3, 0.4) is 0 Å². The van der Waals surface area contributed by atoms with Crippen LogP contribution in [-0.2, 0) is 0 Å².